The van der Waals surface area contributed by atoms with Gasteiger partial charge in [0.15, 0.2) is 0 Å². The lowest BCUT2D eigenvalue weighted by atomic mass is 10.2. The van der Waals surface area contributed by atoms with Crippen LogP contribution in [0, 0.1) is 20.2 Å². The van der Waals surface area contributed by atoms with Crippen molar-refractivity contribution in [1.82, 2.24) is 14.8 Å². The summed E-state index contributed by atoms with van der Waals surface area (Å²) in [7, 11) is 0. The van der Waals surface area contributed by atoms with Crippen molar-refractivity contribution in [2.24, 2.45) is 0 Å². The highest BCUT2D eigenvalue weighted by Crippen LogP contribution is 2.26. The Balaban J connectivity index is 2.61. The van der Waals surface area contributed by atoms with Crippen molar-refractivity contribution < 1.29 is 9.85 Å². The zero-order chi connectivity index (χ0) is 12.4. The number of nitro groups is 2. The van der Waals surface area contributed by atoms with Crippen molar-refractivity contribution in [3.05, 3.63) is 51.1 Å². The van der Waals surface area contributed by atoms with E-state index >= 15 is 0 Å². The molecule has 1 aromatic carbocycles. The summed E-state index contributed by atoms with van der Waals surface area (Å²) in [6.45, 7) is 0. The quantitative estimate of drug-likeness (QED) is 0.580. The first-order valence-corrected chi connectivity index (χ1v) is 4.37. The third kappa shape index (κ3) is 1.93. The summed E-state index contributed by atoms with van der Waals surface area (Å²) >= 11 is 0. The predicted octanol–water partition coefficient (Wildman–Crippen LogP) is 1.08. The lowest BCUT2D eigenvalue weighted by Gasteiger charge is -2.01. The van der Waals surface area contributed by atoms with Gasteiger partial charge in [0.1, 0.15) is 18.3 Å². The Kier molecular flexibility index (Phi) is 2.49. The lowest BCUT2D eigenvalue weighted by molar-refractivity contribution is -0.394. The van der Waals surface area contributed by atoms with Crippen molar-refractivity contribution in [3.8, 4) is 5.69 Å². The standard InChI is InChI=1S/C8H5N5O4/c14-12(15)6-1-2-7(8(3-6)13(16)17)11-5-9-4-10-11/h1-5H. The van der Waals surface area contributed by atoms with Crippen LogP contribution in [0.25, 0.3) is 5.69 Å². The number of hydrogen-bond donors (Lipinski definition) is 0. The molecule has 1 aromatic heterocycles. The summed E-state index contributed by atoms with van der Waals surface area (Å²) in [5.74, 6) is 0. The van der Waals surface area contributed by atoms with Crippen LogP contribution >= 0.6 is 0 Å². The van der Waals surface area contributed by atoms with Gasteiger partial charge in [-0.25, -0.2) is 9.67 Å². The maximum atomic E-state index is 10.8. The highest BCUT2D eigenvalue weighted by atomic mass is 16.6. The molecule has 0 aliphatic rings. The molecule has 0 fully saturated rings. The fourth-order valence-corrected chi connectivity index (χ4v) is 1.30. The van der Waals surface area contributed by atoms with E-state index < -0.39 is 15.5 Å². The van der Waals surface area contributed by atoms with Crippen LogP contribution in [0.3, 0.4) is 0 Å². The molecular weight excluding hydrogens is 230 g/mol. The van der Waals surface area contributed by atoms with Crippen LogP contribution in [-0.2, 0) is 0 Å². The van der Waals surface area contributed by atoms with Gasteiger partial charge >= 0.3 is 5.69 Å². The van der Waals surface area contributed by atoms with Crippen LogP contribution in [0.2, 0.25) is 0 Å². The molecule has 17 heavy (non-hydrogen) atoms. The van der Waals surface area contributed by atoms with Gasteiger partial charge in [-0.3, -0.25) is 20.2 Å². The Hall–Kier alpha value is -2.84. The molecule has 9 heteroatoms. The Morgan fingerprint density at radius 3 is 2.47 bits per heavy atom. The molecule has 1 heterocycles. The Bertz CT molecular complexity index is 580. The molecule has 0 unspecified atom stereocenters. The van der Waals surface area contributed by atoms with E-state index in [1.54, 1.807) is 0 Å². The third-order valence-corrected chi connectivity index (χ3v) is 2.03. The second kappa shape index (κ2) is 3.96. The minimum atomic E-state index is -0.704. The topological polar surface area (TPSA) is 117 Å². The van der Waals surface area contributed by atoms with Gasteiger partial charge in [-0.1, -0.05) is 0 Å². The van der Waals surface area contributed by atoms with Gasteiger partial charge < -0.3 is 0 Å². The summed E-state index contributed by atoms with van der Waals surface area (Å²) in [6, 6.07) is 3.31. The zero-order valence-electron chi connectivity index (χ0n) is 8.26. The normalized spacial score (nSPS) is 10.1. The fourth-order valence-electron chi connectivity index (χ4n) is 1.30. The molecule has 2 aromatic rings. The van der Waals surface area contributed by atoms with Crippen LogP contribution in [0.15, 0.2) is 30.9 Å². The van der Waals surface area contributed by atoms with Crippen molar-refractivity contribution >= 4 is 11.4 Å². The number of nitro benzene ring substituents is 2. The number of nitrogens with zero attached hydrogens (tertiary/aromatic N) is 5. The Morgan fingerprint density at radius 1 is 1.18 bits per heavy atom. The number of aromatic nitrogens is 3. The van der Waals surface area contributed by atoms with Crippen molar-refractivity contribution in [2.75, 3.05) is 0 Å². The molecule has 0 amide bonds. The summed E-state index contributed by atoms with van der Waals surface area (Å²) in [5.41, 5.74) is -0.622. The van der Waals surface area contributed by atoms with Gasteiger partial charge in [0, 0.05) is 6.07 Å². The van der Waals surface area contributed by atoms with Gasteiger partial charge in [-0.15, -0.1) is 0 Å². The molecule has 0 bridgehead atoms. The first kappa shape index (κ1) is 10.7. The van der Waals surface area contributed by atoms with Gasteiger partial charge in [0.05, 0.1) is 15.9 Å². The first-order chi connectivity index (χ1) is 8.09. The average molecular weight is 235 g/mol. The molecule has 0 spiro atoms. The smallest absolute Gasteiger partial charge is 0.258 e. The maximum Gasteiger partial charge on any atom is 0.301 e. The van der Waals surface area contributed by atoms with Crippen LogP contribution < -0.4 is 0 Å². The van der Waals surface area contributed by atoms with E-state index in [-0.39, 0.29) is 11.4 Å². The Morgan fingerprint density at radius 2 is 1.94 bits per heavy atom. The lowest BCUT2D eigenvalue weighted by Crippen LogP contribution is -2.01. The van der Waals surface area contributed by atoms with Gasteiger partial charge in [-0.2, -0.15) is 5.10 Å². The van der Waals surface area contributed by atoms with Crippen LogP contribution in [-0.4, -0.2) is 24.6 Å². The number of hydrogen-bond acceptors (Lipinski definition) is 6. The molecule has 2 rings (SSSR count). The first-order valence-electron chi connectivity index (χ1n) is 4.37. The van der Waals surface area contributed by atoms with E-state index in [0.29, 0.717) is 0 Å². The molecule has 0 saturated heterocycles. The number of benzene rings is 1. The molecule has 0 radical (unpaired) electrons. The largest absolute Gasteiger partial charge is 0.301 e. The minimum absolute atomic E-state index is 0.123. The van der Waals surface area contributed by atoms with Crippen molar-refractivity contribution in [1.29, 1.82) is 0 Å². The fraction of sp³-hybridized carbons (Fsp3) is 0. The van der Waals surface area contributed by atoms with Crippen molar-refractivity contribution in [3.63, 3.8) is 0 Å². The average Bonchev–Trinajstić information content (AvgIpc) is 2.81. The molecular formula is C8H5N5O4. The molecule has 86 valence electrons. The van der Waals surface area contributed by atoms with Crippen LogP contribution in [0.1, 0.15) is 0 Å². The van der Waals surface area contributed by atoms with Gasteiger partial charge in [0.2, 0.25) is 0 Å². The van der Waals surface area contributed by atoms with E-state index in [1.165, 1.54) is 29.5 Å². The molecule has 0 saturated carbocycles. The summed E-state index contributed by atoms with van der Waals surface area (Å²) in [5, 5.41) is 25.1. The van der Waals surface area contributed by atoms with Gasteiger partial charge in [-0.05, 0) is 6.07 Å². The molecule has 0 N–H and O–H groups in total. The number of non-ortho nitro benzene ring substituents is 1. The monoisotopic (exact) mass is 235 g/mol. The molecule has 9 nitrogen and oxygen atoms in total. The highest BCUT2D eigenvalue weighted by Gasteiger charge is 2.20. The van der Waals surface area contributed by atoms with E-state index in [9.17, 15) is 20.2 Å². The van der Waals surface area contributed by atoms with Crippen molar-refractivity contribution in [2.45, 2.75) is 0 Å². The molecule has 0 aliphatic carbocycles. The van der Waals surface area contributed by atoms with E-state index in [1.807, 2.05) is 0 Å². The van der Waals surface area contributed by atoms with E-state index in [4.69, 9.17) is 0 Å². The Labute approximate surface area is 93.6 Å². The van der Waals surface area contributed by atoms with Crippen LogP contribution in [0.5, 0.6) is 0 Å². The molecule has 0 atom stereocenters. The predicted molar refractivity (Wildman–Crippen MR) is 54.7 cm³/mol. The highest BCUT2D eigenvalue weighted by molar-refractivity contribution is 5.57. The van der Waals surface area contributed by atoms with E-state index in [2.05, 4.69) is 10.1 Å². The minimum Gasteiger partial charge on any atom is -0.258 e. The summed E-state index contributed by atoms with van der Waals surface area (Å²) in [6.07, 6.45) is 2.49. The van der Waals surface area contributed by atoms with E-state index in [0.717, 1.165) is 6.07 Å². The SMILES string of the molecule is O=[N+]([O-])c1ccc(-n2cncn2)c([N+](=O)[O-])c1. The van der Waals surface area contributed by atoms with Crippen LogP contribution in [0.4, 0.5) is 11.4 Å². The number of rotatable bonds is 3. The zero-order valence-corrected chi connectivity index (χ0v) is 8.26. The molecule has 0 aliphatic heterocycles. The second-order valence-corrected chi connectivity index (χ2v) is 3.03. The van der Waals surface area contributed by atoms with Gasteiger partial charge in [0.25, 0.3) is 5.69 Å². The second-order valence-electron chi connectivity index (χ2n) is 3.03. The summed E-state index contributed by atoms with van der Waals surface area (Å²) in [4.78, 5) is 23.6. The summed E-state index contributed by atoms with van der Waals surface area (Å²) < 4.78 is 1.17. The maximum absolute atomic E-state index is 10.8. The third-order valence-electron chi connectivity index (χ3n) is 2.03.